The highest BCUT2D eigenvalue weighted by molar-refractivity contribution is 9.10. The van der Waals surface area contributed by atoms with Gasteiger partial charge < -0.3 is 15.0 Å². The number of hydrogen-bond donors (Lipinski definition) is 1. The second-order valence-electron chi connectivity index (χ2n) is 6.69. The van der Waals surface area contributed by atoms with Crippen LogP contribution in [0.4, 0.5) is 23.1 Å². The van der Waals surface area contributed by atoms with E-state index in [9.17, 15) is 0 Å². The van der Waals surface area contributed by atoms with Crippen molar-refractivity contribution in [2.45, 2.75) is 13.8 Å². The first-order valence-electron chi connectivity index (χ1n) is 10.2. The Morgan fingerprint density at radius 1 is 0.967 bits per heavy atom. The molecule has 7 heteroatoms. The molecule has 158 valence electrons. The highest BCUT2D eigenvalue weighted by atomic mass is 79.9. The third-order valence-electron chi connectivity index (χ3n) is 4.74. The van der Waals surface area contributed by atoms with Gasteiger partial charge in [0, 0.05) is 24.1 Å². The van der Waals surface area contributed by atoms with Gasteiger partial charge in [0.1, 0.15) is 12.5 Å². The Hall–Kier alpha value is -2.48. The molecule has 2 aromatic carbocycles. The molecule has 1 aromatic heterocycles. The number of likely N-dealkylation sites (N-methyl/N-ethyl adjacent to an activating group) is 1. The van der Waals surface area contributed by atoms with E-state index in [4.69, 9.17) is 9.72 Å². The van der Waals surface area contributed by atoms with E-state index in [1.807, 2.05) is 65.6 Å². The lowest BCUT2D eigenvalue weighted by Gasteiger charge is -2.24. The Morgan fingerprint density at radius 3 is 2.30 bits per heavy atom. The Morgan fingerprint density at radius 2 is 1.63 bits per heavy atom. The van der Waals surface area contributed by atoms with E-state index in [0.717, 1.165) is 35.5 Å². The van der Waals surface area contributed by atoms with Gasteiger partial charge in [-0.25, -0.2) is 4.98 Å². The molecule has 0 unspecified atom stereocenters. The van der Waals surface area contributed by atoms with E-state index in [0.29, 0.717) is 25.1 Å². The molecule has 30 heavy (non-hydrogen) atoms. The number of nitrogens with zero attached hydrogens (tertiary/aromatic N) is 4. The first-order valence-corrected chi connectivity index (χ1v) is 11.0. The largest absolute Gasteiger partial charge is 0.359 e. The minimum Gasteiger partial charge on any atom is -0.359 e. The normalized spacial score (nSPS) is 10.9. The van der Waals surface area contributed by atoms with Crippen LogP contribution in [0.5, 0.6) is 0 Å². The molecule has 0 aliphatic carbocycles. The molecule has 0 radical (unpaired) electrons. The molecule has 1 N–H and O–H groups in total. The van der Waals surface area contributed by atoms with E-state index in [1.54, 1.807) is 6.20 Å². The number of para-hydroxylation sites is 2. The first-order chi connectivity index (χ1) is 14.7. The van der Waals surface area contributed by atoms with Crippen LogP contribution < -0.4 is 10.2 Å². The summed E-state index contributed by atoms with van der Waals surface area (Å²) in [6, 6.07) is 20.0. The van der Waals surface area contributed by atoms with Gasteiger partial charge >= 0.3 is 0 Å². The molecule has 1 heterocycles. The minimum atomic E-state index is 0.373. The molecular weight excluding hydrogens is 442 g/mol. The maximum Gasteiger partial charge on any atom is 0.233 e. The Kier molecular flexibility index (Phi) is 8.62. The second-order valence-corrected chi connectivity index (χ2v) is 7.54. The number of hydrogen-bond acceptors (Lipinski definition) is 6. The number of anilines is 4. The lowest BCUT2D eigenvalue weighted by molar-refractivity contribution is 0.111. The van der Waals surface area contributed by atoms with Crippen LogP contribution in [0.1, 0.15) is 13.8 Å². The fraction of sp³-hybridized carbons (Fsp3) is 0.304. The van der Waals surface area contributed by atoms with E-state index in [1.165, 1.54) is 0 Å². The predicted octanol–water partition coefficient (Wildman–Crippen LogP) is 5.44. The zero-order valence-corrected chi connectivity index (χ0v) is 19.0. The molecule has 6 nitrogen and oxygen atoms in total. The van der Waals surface area contributed by atoms with Gasteiger partial charge in [-0.05, 0) is 53.3 Å². The van der Waals surface area contributed by atoms with Crippen LogP contribution >= 0.6 is 15.9 Å². The zero-order chi connectivity index (χ0) is 21.2. The van der Waals surface area contributed by atoms with Crippen molar-refractivity contribution in [3.05, 3.63) is 71.3 Å². The molecule has 0 spiro atoms. The van der Waals surface area contributed by atoms with Gasteiger partial charge in [-0.2, -0.15) is 4.98 Å². The smallest absolute Gasteiger partial charge is 0.233 e. The zero-order valence-electron chi connectivity index (χ0n) is 17.5. The molecule has 0 bridgehead atoms. The second kappa shape index (κ2) is 11.6. The van der Waals surface area contributed by atoms with Gasteiger partial charge in [0.05, 0.1) is 11.1 Å². The highest BCUT2D eigenvalue weighted by Gasteiger charge is 2.15. The van der Waals surface area contributed by atoms with Crippen molar-refractivity contribution in [3.8, 4) is 0 Å². The van der Waals surface area contributed by atoms with Gasteiger partial charge in [0.2, 0.25) is 5.95 Å². The fourth-order valence-corrected chi connectivity index (χ4v) is 3.27. The van der Waals surface area contributed by atoms with Crippen molar-refractivity contribution in [2.75, 3.05) is 43.2 Å². The van der Waals surface area contributed by atoms with Crippen LogP contribution in [0.15, 0.2) is 71.3 Å². The van der Waals surface area contributed by atoms with Gasteiger partial charge in [0.15, 0.2) is 0 Å². The van der Waals surface area contributed by atoms with Gasteiger partial charge in [-0.1, -0.05) is 50.2 Å². The summed E-state index contributed by atoms with van der Waals surface area (Å²) in [5, 5.41) is 3.34. The number of halogens is 1. The van der Waals surface area contributed by atoms with Gasteiger partial charge in [-0.3, -0.25) is 4.90 Å². The summed E-state index contributed by atoms with van der Waals surface area (Å²) in [7, 11) is 0. The summed E-state index contributed by atoms with van der Waals surface area (Å²) >= 11 is 3.55. The average Bonchev–Trinajstić information content (AvgIpc) is 2.79. The molecule has 0 saturated carbocycles. The standard InChI is InChI=1S/C23H28BrN5O/c1-3-28(4-2)15-16-30-18-29(20-13-9-6-10-14-20)23-25-17-21(24)22(27-23)26-19-11-7-5-8-12-19/h5-14,17H,3-4,15-16,18H2,1-2H3,(H,25,26,27). The maximum absolute atomic E-state index is 6.00. The summed E-state index contributed by atoms with van der Waals surface area (Å²) in [5.41, 5.74) is 1.94. The molecule has 0 fully saturated rings. The van der Waals surface area contributed by atoms with Gasteiger partial charge in [0.25, 0.3) is 0 Å². The van der Waals surface area contributed by atoms with Crippen molar-refractivity contribution >= 4 is 39.1 Å². The van der Waals surface area contributed by atoms with Crippen LogP contribution in [0, 0.1) is 0 Å². The molecule has 0 saturated heterocycles. The summed E-state index contributed by atoms with van der Waals surface area (Å²) in [4.78, 5) is 13.6. The molecule has 3 rings (SSSR count). The Balaban J connectivity index is 1.78. The highest BCUT2D eigenvalue weighted by Crippen LogP contribution is 2.28. The lowest BCUT2D eigenvalue weighted by atomic mass is 10.3. The van der Waals surface area contributed by atoms with Crippen molar-refractivity contribution < 1.29 is 4.74 Å². The predicted molar refractivity (Wildman–Crippen MR) is 127 cm³/mol. The number of rotatable bonds is 11. The van der Waals surface area contributed by atoms with Crippen molar-refractivity contribution in [2.24, 2.45) is 0 Å². The monoisotopic (exact) mass is 469 g/mol. The lowest BCUT2D eigenvalue weighted by Crippen LogP contribution is -2.29. The van der Waals surface area contributed by atoms with Crippen LogP contribution in [0.25, 0.3) is 0 Å². The third kappa shape index (κ3) is 6.26. The SMILES string of the molecule is CCN(CC)CCOCN(c1ccccc1)c1ncc(Br)c(Nc2ccccc2)n1. The quantitative estimate of drug-likeness (QED) is 0.298. The van der Waals surface area contributed by atoms with E-state index in [-0.39, 0.29) is 0 Å². The number of nitrogens with one attached hydrogen (secondary N) is 1. The topological polar surface area (TPSA) is 53.5 Å². The van der Waals surface area contributed by atoms with Crippen molar-refractivity contribution in [3.63, 3.8) is 0 Å². The number of aromatic nitrogens is 2. The van der Waals surface area contributed by atoms with Crippen LogP contribution in [-0.4, -0.2) is 47.8 Å². The fourth-order valence-electron chi connectivity index (χ4n) is 2.98. The number of benzene rings is 2. The molecule has 0 amide bonds. The maximum atomic E-state index is 6.00. The first kappa shape index (κ1) is 22.2. The molecule has 0 aliphatic rings. The van der Waals surface area contributed by atoms with Gasteiger partial charge in [-0.15, -0.1) is 0 Å². The molecule has 0 aliphatic heterocycles. The van der Waals surface area contributed by atoms with E-state index < -0.39 is 0 Å². The molecule has 3 aromatic rings. The average molecular weight is 470 g/mol. The molecular formula is C23H28BrN5O. The van der Waals surface area contributed by atoms with Crippen LogP contribution in [0.3, 0.4) is 0 Å². The summed E-state index contributed by atoms with van der Waals surface area (Å²) in [5.74, 6) is 1.28. The summed E-state index contributed by atoms with van der Waals surface area (Å²) in [6.07, 6.45) is 1.76. The minimum absolute atomic E-state index is 0.373. The summed E-state index contributed by atoms with van der Waals surface area (Å²) in [6.45, 7) is 8.29. The Labute approximate surface area is 187 Å². The van der Waals surface area contributed by atoms with Crippen molar-refractivity contribution in [1.82, 2.24) is 14.9 Å². The molecule has 0 atom stereocenters. The summed E-state index contributed by atoms with van der Waals surface area (Å²) < 4.78 is 6.80. The van der Waals surface area contributed by atoms with E-state index >= 15 is 0 Å². The number of ether oxygens (including phenoxy) is 1. The van der Waals surface area contributed by atoms with Crippen molar-refractivity contribution in [1.29, 1.82) is 0 Å². The van der Waals surface area contributed by atoms with E-state index in [2.05, 4.69) is 45.0 Å². The Bertz CT molecular complexity index is 891. The third-order valence-corrected chi connectivity index (χ3v) is 5.32. The van der Waals surface area contributed by atoms with Crippen LogP contribution in [-0.2, 0) is 4.74 Å². The van der Waals surface area contributed by atoms with Crippen LogP contribution in [0.2, 0.25) is 0 Å².